The first-order valence-corrected chi connectivity index (χ1v) is 24.4. The molecule has 2 aliphatic heterocycles. The molecule has 0 radical (unpaired) electrons. The number of aromatic nitrogens is 1. The van der Waals surface area contributed by atoms with Crippen LogP contribution < -0.4 is 21.3 Å². The van der Waals surface area contributed by atoms with Crippen molar-refractivity contribution in [3.05, 3.63) is 237 Å². The lowest BCUT2D eigenvalue weighted by atomic mass is 9.33. The third-order valence-electron chi connectivity index (χ3n) is 15.3. The summed E-state index contributed by atoms with van der Waals surface area (Å²) in [5, 5.41) is 6.83. The number of nitrogens with zero attached hydrogens (tertiary/aromatic N) is 2. The van der Waals surface area contributed by atoms with Gasteiger partial charge in [-0.15, -0.1) is 0 Å². The van der Waals surface area contributed by atoms with Gasteiger partial charge >= 0.3 is 0 Å². The Kier molecular flexibility index (Phi) is 7.94. The molecule has 0 unspecified atom stereocenters. The quantitative estimate of drug-likeness (QED) is 0.161. The summed E-state index contributed by atoms with van der Waals surface area (Å²) in [6.07, 6.45) is 0. The van der Waals surface area contributed by atoms with Crippen LogP contribution in [0.5, 0.6) is 0 Å². The lowest BCUT2D eigenvalue weighted by Gasteiger charge is -2.41. The summed E-state index contributed by atoms with van der Waals surface area (Å²) in [7, 11) is 0. The monoisotopic (exact) mass is 902 g/mol. The van der Waals surface area contributed by atoms with Gasteiger partial charge in [0.1, 0.15) is 22.3 Å². The fourth-order valence-electron chi connectivity index (χ4n) is 12.2. The van der Waals surface area contributed by atoms with Gasteiger partial charge in [0.15, 0.2) is 0 Å². The number of anilines is 3. The standard InChI is InChI=1S/C66H39BN2O2/c1-5-17-40(18-6-1)44-30-32-61-50(33-44)51-38-57-54(39-62(51)70-61)67-63-58(68(57)56-34-45(41-19-7-2-8-20-41)29-31-47(56)43-23-11-4-12-24-43)35-46(42-21-9-3-10-22-42)36-59(63)69-55-27-15-13-25-48(55)52-37-53-49-26-14-16-28-60(49)71-66(53)64(67)65(52)69/h1-39H. The third-order valence-corrected chi connectivity index (χ3v) is 15.3. The fourth-order valence-corrected chi connectivity index (χ4v) is 12.2. The van der Waals surface area contributed by atoms with Crippen LogP contribution in [0.2, 0.25) is 0 Å². The highest BCUT2D eigenvalue weighted by atomic mass is 16.3. The molecule has 2 aliphatic rings. The van der Waals surface area contributed by atoms with E-state index < -0.39 is 0 Å². The zero-order valence-electron chi connectivity index (χ0n) is 38.3. The Morgan fingerprint density at radius 1 is 0.310 bits per heavy atom. The number of para-hydroxylation sites is 2. The summed E-state index contributed by atoms with van der Waals surface area (Å²) in [4.78, 5) is 2.58. The van der Waals surface area contributed by atoms with Crippen molar-refractivity contribution in [3.63, 3.8) is 0 Å². The molecular weight excluding hydrogens is 864 g/mol. The van der Waals surface area contributed by atoms with Gasteiger partial charge in [0.05, 0.1) is 16.7 Å². The first kappa shape index (κ1) is 38.6. The Balaban J connectivity index is 1.10. The van der Waals surface area contributed by atoms with E-state index in [0.717, 1.165) is 111 Å². The summed E-state index contributed by atoms with van der Waals surface area (Å²) in [5.74, 6) is 0. The number of hydrogen-bond acceptors (Lipinski definition) is 3. The Bertz CT molecular complexity index is 4510. The Hall–Kier alpha value is -9.32. The van der Waals surface area contributed by atoms with E-state index in [1.807, 2.05) is 0 Å². The largest absolute Gasteiger partial charge is 0.457 e. The van der Waals surface area contributed by atoms with E-state index in [2.05, 4.69) is 246 Å². The van der Waals surface area contributed by atoms with Crippen LogP contribution in [0.3, 0.4) is 0 Å². The van der Waals surface area contributed by atoms with Crippen molar-refractivity contribution in [1.82, 2.24) is 4.57 Å². The van der Waals surface area contributed by atoms with Gasteiger partial charge in [-0.25, -0.2) is 0 Å². The fraction of sp³-hybridized carbons (Fsp3) is 0. The molecular formula is C66H39BN2O2. The number of furan rings is 2. The zero-order valence-corrected chi connectivity index (χ0v) is 38.3. The van der Waals surface area contributed by atoms with Crippen molar-refractivity contribution in [3.8, 4) is 50.2 Å². The summed E-state index contributed by atoms with van der Waals surface area (Å²) in [5.41, 5.74) is 23.1. The number of benzene rings is 11. The number of fused-ring (bicyclic) bond motifs is 14. The van der Waals surface area contributed by atoms with E-state index in [0.29, 0.717) is 0 Å². The minimum Gasteiger partial charge on any atom is -0.457 e. The van der Waals surface area contributed by atoms with Crippen molar-refractivity contribution in [2.24, 2.45) is 0 Å². The maximum absolute atomic E-state index is 7.18. The van der Waals surface area contributed by atoms with E-state index in [4.69, 9.17) is 8.83 Å². The Morgan fingerprint density at radius 3 is 1.63 bits per heavy atom. The maximum Gasteiger partial charge on any atom is 0.257 e. The van der Waals surface area contributed by atoms with E-state index in [1.54, 1.807) is 0 Å². The molecule has 328 valence electrons. The first-order valence-electron chi connectivity index (χ1n) is 24.4. The molecule has 0 fully saturated rings. The van der Waals surface area contributed by atoms with E-state index in [-0.39, 0.29) is 6.71 Å². The lowest BCUT2D eigenvalue weighted by Crippen LogP contribution is -2.60. The van der Waals surface area contributed by atoms with E-state index >= 15 is 0 Å². The summed E-state index contributed by atoms with van der Waals surface area (Å²) in [6, 6.07) is 86.3. The summed E-state index contributed by atoms with van der Waals surface area (Å²) < 4.78 is 16.7. The topological polar surface area (TPSA) is 34.5 Å². The molecule has 5 heteroatoms. The average molecular weight is 903 g/mol. The molecule has 0 aliphatic carbocycles. The van der Waals surface area contributed by atoms with Crippen LogP contribution in [0, 0.1) is 0 Å². The van der Waals surface area contributed by atoms with Crippen molar-refractivity contribution in [2.45, 2.75) is 0 Å². The highest BCUT2D eigenvalue weighted by molar-refractivity contribution is 7.01. The third kappa shape index (κ3) is 5.51. The van der Waals surface area contributed by atoms with Gasteiger partial charge in [-0.2, -0.15) is 0 Å². The van der Waals surface area contributed by atoms with Crippen LogP contribution in [-0.4, -0.2) is 11.3 Å². The van der Waals surface area contributed by atoms with Crippen LogP contribution in [0.15, 0.2) is 245 Å². The molecule has 5 heterocycles. The first-order chi connectivity index (χ1) is 35.2. The van der Waals surface area contributed by atoms with Crippen molar-refractivity contribution < 1.29 is 8.83 Å². The summed E-state index contributed by atoms with van der Waals surface area (Å²) in [6.45, 7) is -0.227. The smallest absolute Gasteiger partial charge is 0.257 e. The SMILES string of the molecule is c1ccc(-c2ccc(-c3ccccc3)c(N3c4cc5c(cc4B4c6c3cc(-c3ccccc3)cc6-n3c6ccccc6c6cc7c(oc8ccccc87)c4c63)oc3ccc(-c4ccccc4)cc35)c2)cc1. The van der Waals surface area contributed by atoms with Gasteiger partial charge in [-0.1, -0.05) is 176 Å². The highest BCUT2D eigenvalue weighted by Gasteiger charge is 2.45. The molecule has 0 bridgehead atoms. The molecule has 0 amide bonds. The predicted octanol–water partition coefficient (Wildman–Crippen LogP) is 15.9. The van der Waals surface area contributed by atoms with Gasteiger partial charge in [-0.05, 0) is 116 Å². The van der Waals surface area contributed by atoms with Crippen molar-refractivity contribution in [2.75, 3.05) is 4.90 Å². The number of hydrogen-bond donors (Lipinski definition) is 0. The summed E-state index contributed by atoms with van der Waals surface area (Å²) >= 11 is 0. The molecule has 0 spiro atoms. The Labute approximate surface area is 408 Å². The zero-order chi connectivity index (χ0) is 46.3. The highest BCUT2D eigenvalue weighted by Crippen LogP contribution is 2.49. The minimum absolute atomic E-state index is 0.227. The van der Waals surface area contributed by atoms with Crippen molar-refractivity contribution in [1.29, 1.82) is 0 Å². The second-order valence-electron chi connectivity index (χ2n) is 19.1. The maximum atomic E-state index is 7.18. The van der Waals surface area contributed by atoms with Gasteiger partial charge in [0.25, 0.3) is 6.71 Å². The van der Waals surface area contributed by atoms with Crippen LogP contribution in [0.4, 0.5) is 17.1 Å². The van der Waals surface area contributed by atoms with Crippen molar-refractivity contribution >= 4 is 106 Å². The molecule has 0 saturated carbocycles. The van der Waals surface area contributed by atoms with Gasteiger partial charge in [-0.3, -0.25) is 0 Å². The molecule has 0 saturated heterocycles. The van der Waals surface area contributed by atoms with E-state index in [1.165, 1.54) is 38.3 Å². The molecule has 0 atom stereocenters. The molecule has 16 rings (SSSR count). The second-order valence-corrected chi connectivity index (χ2v) is 19.1. The Morgan fingerprint density at radius 2 is 0.887 bits per heavy atom. The molecule has 0 N–H and O–H groups in total. The van der Waals surface area contributed by atoms with Gasteiger partial charge in [0.2, 0.25) is 0 Å². The molecule has 71 heavy (non-hydrogen) atoms. The predicted molar refractivity (Wildman–Crippen MR) is 296 cm³/mol. The average Bonchev–Trinajstić information content (AvgIpc) is 4.11. The molecule has 3 aromatic heterocycles. The van der Waals surface area contributed by atoms with E-state index in [9.17, 15) is 0 Å². The van der Waals surface area contributed by atoms with Gasteiger partial charge < -0.3 is 18.3 Å². The normalized spacial score (nSPS) is 12.7. The molecule has 14 aromatic rings. The number of rotatable bonds is 5. The molecule has 11 aromatic carbocycles. The van der Waals surface area contributed by atoms with Crippen LogP contribution >= 0.6 is 0 Å². The lowest BCUT2D eigenvalue weighted by molar-refractivity contribution is 0.669. The van der Waals surface area contributed by atoms with Crippen LogP contribution in [0.1, 0.15) is 0 Å². The van der Waals surface area contributed by atoms with Crippen LogP contribution in [-0.2, 0) is 0 Å². The second kappa shape index (κ2) is 14.6. The van der Waals surface area contributed by atoms with Crippen LogP contribution in [0.25, 0.3) is 116 Å². The molecule has 4 nitrogen and oxygen atoms in total. The van der Waals surface area contributed by atoms with Gasteiger partial charge in [0, 0.05) is 54.9 Å². The minimum atomic E-state index is -0.227.